The molecule has 18 heavy (non-hydrogen) atoms. The molecule has 1 aliphatic carbocycles. The Bertz CT molecular complexity index is 312. The number of likely N-dealkylation sites (tertiary alicyclic amines) is 1. The van der Waals surface area contributed by atoms with Gasteiger partial charge in [0.2, 0.25) is 11.8 Å². The highest BCUT2D eigenvalue weighted by Gasteiger charge is 2.38. The molecule has 0 spiro atoms. The number of rotatable bonds is 2. The number of hydrogen-bond acceptors (Lipinski definition) is 3. The maximum absolute atomic E-state index is 12.2. The van der Waals surface area contributed by atoms with Crippen molar-refractivity contribution in [2.45, 2.75) is 57.9 Å². The predicted molar refractivity (Wildman–Crippen MR) is 69.7 cm³/mol. The van der Waals surface area contributed by atoms with Gasteiger partial charge in [-0.25, -0.2) is 0 Å². The summed E-state index contributed by atoms with van der Waals surface area (Å²) in [4.78, 5) is 25.9. The lowest BCUT2D eigenvalue weighted by Gasteiger charge is -2.40. The van der Waals surface area contributed by atoms with Gasteiger partial charge in [-0.1, -0.05) is 13.3 Å². The summed E-state index contributed by atoms with van der Waals surface area (Å²) in [6.45, 7) is 2.78. The molecule has 4 heteroatoms. The molecule has 0 bridgehead atoms. The molecule has 3 unspecified atom stereocenters. The highest BCUT2D eigenvalue weighted by molar-refractivity contribution is 5.96. The molecule has 1 aliphatic heterocycles. The van der Waals surface area contributed by atoms with Crippen molar-refractivity contribution in [1.82, 2.24) is 4.90 Å². The Morgan fingerprint density at radius 2 is 1.78 bits per heavy atom. The molecule has 0 aromatic carbocycles. The molecular weight excluding hydrogens is 228 g/mol. The van der Waals surface area contributed by atoms with Crippen molar-refractivity contribution >= 4 is 11.8 Å². The van der Waals surface area contributed by atoms with Crippen LogP contribution in [0.4, 0.5) is 0 Å². The zero-order valence-corrected chi connectivity index (χ0v) is 11.2. The average Bonchev–Trinajstić information content (AvgIpc) is 2.50. The predicted octanol–water partition coefficient (Wildman–Crippen LogP) is 1.68. The molecule has 1 heterocycles. The van der Waals surface area contributed by atoms with E-state index in [1.165, 1.54) is 0 Å². The fourth-order valence-electron chi connectivity index (χ4n) is 3.31. The van der Waals surface area contributed by atoms with Gasteiger partial charge in [0.1, 0.15) is 0 Å². The van der Waals surface area contributed by atoms with E-state index in [0.29, 0.717) is 31.2 Å². The first-order valence-corrected chi connectivity index (χ1v) is 7.18. The van der Waals surface area contributed by atoms with E-state index in [1.807, 2.05) is 0 Å². The summed E-state index contributed by atoms with van der Waals surface area (Å²) in [5.74, 6) is 0.930. The summed E-state index contributed by atoms with van der Waals surface area (Å²) in [6.07, 6.45) is 5.86. The molecule has 4 nitrogen and oxygen atoms in total. The monoisotopic (exact) mass is 252 g/mol. The van der Waals surface area contributed by atoms with Crippen LogP contribution < -0.4 is 5.73 Å². The van der Waals surface area contributed by atoms with Crippen LogP contribution in [0.1, 0.15) is 51.9 Å². The van der Waals surface area contributed by atoms with E-state index in [4.69, 9.17) is 5.73 Å². The van der Waals surface area contributed by atoms with E-state index in [9.17, 15) is 9.59 Å². The Morgan fingerprint density at radius 1 is 1.17 bits per heavy atom. The van der Waals surface area contributed by atoms with Crippen molar-refractivity contribution in [3.05, 3.63) is 0 Å². The van der Waals surface area contributed by atoms with Gasteiger partial charge in [-0.2, -0.15) is 0 Å². The molecular formula is C14H24N2O2. The minimum atomic E-state index is 0.0232. The second-order valence-corrected chi connectivity index (χ2v) is 5.85. The minimum Gasteiger partial charge on any atom is -0.330 e. The van der Waals surface area contributed by atoms with E-state index in [1.54, 1.807) is 4.90 Å². The van der Waals surface area contributed by atoms with Crippen LogP contribution in [-0.2, 0) is 9.59 Å². The SMILES string of the molecule is CC1CCC(CN)C(N2C(=O)CCCCC2=O)C1. The highest BCUT2D eigenvalue weighted by Crippen LogP contribution is 2.33. The van der Waals surface area contributed by atoms with Gasteiger partial charge < -0.3 is 5.73 Å². The minimum absolute atomic E-state index is 0.0232. The molecule has 2 N–H and O–H groups in total. The van der Waals surface area contributed by atoms with Crippen molar-refractivity contribution in [3.8, 4) is 0 Å². The van der Waals surface area contributed by atoms with E-state index in [2.05, 4.69) is 6.92 Å². The average molecular weight is 252 g/mol. The lowest BCUT2D eigenvalue weighted by atomic mass is 9.78. The third kappa shape index (κ3) is 2.74. The Morgan fingerprint density at radius 3 is 2.33 bits per heavy atom. The fraction of sp³-hybridized carbons (Fsp3) is 0.857. The van der Waals surface area contributed by atoms with E-state index < -0.39 is 0 Å². The quantitative estimate of drug-likeness (QED) is 0.760. The first-order valence-electron chi connectivity index (χ1n) is 7.18. The summed E-state index contributed by atoms with van der Waals surface area (Å²) >= 11 is 0. The van der Waals surface area contributed by atoms with E-state index >= 15 is 0 Å². The molecule has 2 rings (SSSR count). The summed E-state index contributed by atoms with van der Waals surface area (Å²) in [7, 11) is 0. The van der Waals surface area contributed by atoms with Crippen LogP contribution in [-0.4, -0.2) is 29.3 Å². The maximum Gasteiger partial charge on any atom is 0.229 e. The van der Waals surface area contributed by atoms with Gasteiger partial charge in [0.15, 0.2) is 0 Å². The number of amides is 2. The molecule has 102 valence electrons. The third-order valence-corrected chi connectivity index (χ3v) is 4.42. The van der Waals surface area contributed by atoms with Gasteiger partial charge in [0.25, 0.3) is 0 Å². The van der Waals surface area contributed by atoms with Gasteiger partial charge in [-0.15, -0.1) is 0 Å². The number of carbonyl (C=O) groups is 2. The van der Waals surface area contributed by atoms with Crippen LogP contribution in [0.3, 0.4) is 0 Å². The molecule has 0 aromatic heterocycles. The smallest absolute Gasteiger partial charge is 0.229 e. The zero-order valence-electron chi connectivity index (χ0n) is 11.2. The van der Waals surface area contributed by atoms with E-state index in [0.717, 1.165) is 32.1 Å². The topological polar surface area (TPSA) is 63.4 Å². The Balaban J connectivity index is 2.18. The summed E-state index contributed by atoms with van der Waals surface area (Å²) in [5.41, 5.74) is 5.83. The van der Waals surface area contributed by atoms with Crippen LogP contribution >= 0.6 is 0 Å². The maximum atomic E-state index is 12.2. The molecule has 2 fully saturated rings. The van der Waals surface area contributed by atoms with Gasteiger partial charge in [-0.3, -0.25) is 14.5 Å². The van der Waals surface area contributed by atoms with Crippen LogP contribution in [0, 0.1) is 11.8 Å². The van der Waals surface area contributed by atoms with Gasteiger partial charge in [0.05, 0.1) is 0 Å². The first kappa shape index (κ1) is 13.5. The van der Waals surface area contributed by atoms with Crippen molar-refractivity contribution in [2.75, 3.05) is 6.54 Å². The molecule has 1 saturated carbocycles. The fourth-order valence-corrected chi connectivity index (χ4v) is 3.31. The number of hydrogen-bond donors (Lipinski definition) is 1. The van der Waals surface area contributed by atoms with E-state index in [-0.39, 0.29) is 17.9 Å². The van der Waals surface area contributed by atoms with Crippen LogP contribution in [0.5, 0.6) is 0 Å². The second kappa shape index (κ2) is 5.83. The number of nitrogens with two attached hydrogens (primary N) is 1. The third-order valence-electron chi connectivity index (χ3n) is 4.42. The zero-order chi connectivity index (χ0) is 13.1. The van der Waals surface area contributed by atoms with Crippen molar-refractivity contribution in [2.24, 2.45) is 17.6 Å². The Labute approximate surface area is 109 Å². The standard InChI is InChI=1S/C14H24N2O2/c1-10-6-7-11(9-15)12(8-10)16-13(17)4-2-3-5-14(16)18/h10-12H,2-9,15H2,1H3. The molecule has 1 saturated heterocycles. The van der Waals surface area contributed by atoms with Crippen molar-refractivity contribution in [3.63, 3.8) is 0 Å². The molecule has 2 amide bonds. The Kier molecular flexibility index (Phi) is 4.38. The largest absolute Gasteiger partial charge is 0.330 e. The van der Waals surface area contributed by atoms with Crippen LogP contribution in [0.2, 0.25) is 0 Å². The van der Waals surface area contributed by atoms with Gasteiger partial charge >= 0.3 is 0 Å². The van der Waals surface area contributed by atoms with Crippen molar-refractivity contribution in [1.29, 1.82) is 0 Å². The lowest BCUT2D eigenvalue weighted by molar-refractivity contribution is -0.149. The number of imide groups is 1. The summed E-state index contributed by atoms with van der Waals surface area (Å²) in [6, 6.07) is 0.0526. The number of carbonyl (C=O) groups excluding carboxylic acids is 2. The second-order valence-electron chi connectivity index (χ2n) is 5.85. The molecule has 0 radical (unpaired) electrons. The normalized spacial score (nSPS) is 34.6. The molecule has 0 aromatic rings. The Hall–Kier alpha value is -0.900. The van der Waals surface area contributed by atoms with Crippen molar-refractivity contribution < 1.29 is 9.59 Å². The summed E-state index contributed by atoms with van der Waals surface area (Å²) in [5, 5.41) is 0. The molecule has 2 aliphatic rings. The summed E-state index contributed by atoms with van der Waals surface area (Å²) < 4.78 is 0. The highest BCUT2D eigenvalue weighted by atomic mass is 16.2. The molecule has 3 atom stereocenters. The van der Waals surface area contributed by atoms with Crippen LogP contribution in [0.25, 0.3) is 0 Å². The first-order chi connectivity index (χ1) is 8.63. The number of nitrogens with zero attached hydrogens (tertiary/aromatic N) is 1. The van der Waals surface area contributed by atoms with Crippen LogP contribution in [0.15, 0.2) is 0 Å². The van der Waals surface area contributed by atoms with Gasteiger partial charge in [0, 0.05) is 18.9 Å². The lowest BCUT2D eigenvalue weighted by Crippen LogP contribution is -2.51. The van der Waals surface area contributed by atoms with Gasteiger partial charge in [-0.05, 0) is 44.1 Å².